The Kier molecular flexibility index (Phi) is 4.84. The number of hydrogen-bond donors (Lipinski definition) is 2. The van der Waals surface area contributed by atoms with Crippen molar-refractivity contribution in [1.82, 2.24) is 10.2 Å². The van der Waals surface area contributed by atoms with Crippen LogP contribution >= 0.6 is 15.9 Å². The number of halogens is 1. The lowest BCUT2D eigenvalue weighted by Crippen LogP contribution is -2.15. The van der Waals surface area contributed by atoms with Gasteiger partial charge in [0.15, 0.2) is 5.69 Å². The van der Waals surface area contributed by atoms with E-state index in [9.17, 15) is 4.79 Å². The van der Waals surface area contributed by atoms with Gasteiger partial charge in [0.05, 0.1) is 5.69 Å². The molecule has 5 nitrogen and oxygen atoms in total. The van der Waals surface area contributed by atoms with Crippen molar-refractivity contribution >= 4 is 33.3 Å². The van der Waals surface area contributed by atoms with Crippen LogP contribution in [0.25, 0.3) is 0 Å². The molecule has 0 aliphatic carbocycles. The molecule has 2 rings (SSSR count). The molecule has 20 heavy (non-hydrogen) atoms. The van der Waals surface area contributed by atoms with E-state index in [1.165, 1.54) is 0 Å². The van der Waals surface area contributed by atoms with Gasteiger partial charge in [-0.2, -0.15) is 0 Å². The number of carbonyl (C=O) groups excluding carboxylic acids is 1. The predicted octanol–water partition coefficient (Wildman–Crippen LogP) is 3.09. The highest BCUT2D eigenvalue weighted by atomic mass is 79.9. The van der Waals surface area contributed by atoms with Gasteiger partial charge in [0.25, 0.3) is 5.91 Å². The van der Waals surface area contributed by atoms with Gasteiger partial charge in [-0.15, -0.1) is 16.8 Å². The molecule has 1 amide bonds. The summed E-state index contributed by atoms with van der Waals surface area (Å²) in [4.78, 5) is 12.0. The summed E-state index contributed by atoms with van der Waals surface area (Å²) in [6.45, 7) is 4.19. The van der Waals surface area contributed by atoms with Crippen molar-refractivity contribution in [3.8, 4) is 0 Å². The number of nitrogens with zero attached hydrogens (tertiary/aromatic N) is 2. The lowest BCUT2D eigenvalue weighted by atomic mass is 10.3. The summed E-state index contributed by atoms with van der Waals surface area (Å²) >= 11 is 3.37. The van der Waals surface area contributed by atoms with E-state index >= 15 is 0 Å². The molecule has 1 aromatic heterocycles. The second-order valence-corrected chi connectivity index (χ2v) is 4.76. The van der Waals surface area contributed by atoms with Crippen LogP contribution in [-0.4, -0.2) is 22.6 Å². The molecule has 0 aliphatic heterocycles. The van der Waals surface area contributed by atoms with Crippen LogP contribution in [-0.2, 0) is 0 Å². The molecule has 0 atom stereocenters. The zero-order valence-corrected chi connectivity index (χ0v) is 12.2. The number of hydrogen-bond acceptors (Lipinski definition) is 4. The molecule has 0 radical (unpaired) electrons. The molecule has 0 bridgehead atoms. The second kappa shape index (κ2) is 6.81. The minimum Gasteiger partial charge on any atom is -0.365 e. The van der Waals surface area contributed by atoms with Crippen molar-refractivity contribution in [2.75, 3.05) is 17.2 Å². The van der Waals surface area contributed by atoms with Gasteiger partial charge < -0.3 is 10.6 Å². The van der Waals surface area contributed by atoms with Crippen molar-refractivity contribution in [3.63, 3.8) is 0 Å². The molecule has 2 aromatic rings. The number of aromatic nitrogens is 2. The topological polar surface area (TPSA) is 66.9 Å². The third-order valence-corrected chi connectivity index (χ3v) is 3.14. The largest absolute Gasteiger partial charge is 0.365 e. The maximum Gasteiger partial charge on any atom is 0.276 e. The number of benzene rings is 1. The summed E-state index contributed by atoms with van der Waals surface area (Å²) in [7, 11) is 0. The number of amides is 1. The number of rotatable bonds is 5. The van der Waals surface area contributed by atoms with E-state index in [2.05, 4.69) is 43.3 Å². The minimum absolute atomic E-state index is 0.255. The first-order chi connectivity index (χ1) is 9.70. The molecule has 1 aromatic carbocycles. The Morgan fingerprint density at radius 1 is 1.25 bits per heavy atom. The SMILES string of the molecule is C=CCNc1ccc(C(=O)Nc2ccccc2Br)nn1. The van der Waals surface area contributed by atoms with Crippen LogP contribution in [0, 0.1) is 0 Å². The van der Waals surface area contributed by atoms with Crippen molar-refractivity contribution in [2.24, 2.45) is 0 Å². The first kappa shape index (κ1) is 14.2. The molecule has 1 heterocycles. The minimum atomic E-state index is -0.306. The van der Waals surface area contributed by atoms with Gasteiger partial charge in [0.2, 0.25) is 0 Å². The Hall–Kier alpha value is -2.21. The van der Waals surface area contributed by atoms with Gasteiger partial charge in [-0.1, -0.05) is 18.2 Å². The van der Waals surface area contributed by atoms with E-state index in [-0.39, 0.29) is 11.6 Å². The molecule has 0 unspecified atom stereocenters. The Bertz CT molecular complexity index is 613. The average molecular weight is 333 g/mol. The smallest absolute Gasteiger partial charge is 0.276 e. The van der Waals surface area contributed by atoms with E-state index in [1.807, 2.05) is 18.2 Å². The summed E-state index contributed by atoms with van der Waals surface area (Å²) in [5.41, 5.74) is 0.943. The molecular formula is C14H13BrN4O. The standard InChI is InChI=1S/C14H13BrN4O/c1-2-9-16-13-8-7-12(18-19-13)14(20)17-11-6-4-3-5-10(11)15/h2-8H,1,9H2,(H,16,19)(H,17,20). The van der Waals surface area contributed by atoms with Crippen LogP contribution in [0.1, 0.15) is 10.5 Å². The van der Waals surface area contributed by atoms with Crippen molar-refractivity contribution in [2.45, 2.75) is 0 Å². The summed E-state index contributed by atoms with van der Waals surface area (Å²) < 4.78 is 0.811. The molecule has 6 heteroatoms. The Labute approximate surface area is 125 Å². The summed E-state index contributed by atoms with van der Waals surface area (Å²) in [6, 6.07) is 10.7. The summed E-state index contributed by atoms with van der Waals surface area (Å²) in [5.74, 6) is 0.294. The number of nitrogens with one attached hydrogen (secondary N) is 2. The van der Waals surface area contributed by atoms with Gasteiger partial charge in [0.1, 0.15) is 5.82 Å². The molecule has 0 fully saturated rings. The van der Waals surface area contributed by atoms with Crippen molar-refractivity contribution in [3.05, 3.63) is 59.2 Å². The fraction of sp³-hybridized carbons (Fsp3) is 0.0714. The Morgan fingerprint density at radius 3 is 2.70 bits per heavy atom. The maximum atomic E-state index is 12.0. The maximum absolute atomic E-state index is 12.0. The van der Waals surface area contributed by atoms with E-state index < -0.39 is 0 Å². The first-order valence-electron chi connectivity index (χ1n) is 5.95. The van der Waals surface area contributed by atoms with Gasteiger partial charge in [-0.3, -0.25) is 4.79 Å². The van der Waals surface area contributed by atoms with E-state index in [0.717, 1.165) is 4.47 Å². The van der Waals surface area contributed by atoms with E-state index in [1.54, 1.807) is 24.3 Å². The lowest BCUT2D eigenvalue weighted by molar-refractivity contribution is 0.102. The highest BCUT2D eigenvalue weighted by Gasteiger charge is 2.10. The average Bonchev–Trinajstić information content (AvgIpc) is 2.48. The molecule has 0 saturated heterocycles. The van der Waals surface area contributed by atoms with E-state index in [0.29, 0.717) is 18.1 Å². The van der Waals surface area contributed by atoms with Crippen LogP contribution in [0.3, 0.4) is 0 Å². The molecule has 0 saturated carbocycles. The second-order valence-electron chi connectivity index (χ2n) is 3.91. The predicted molar refractivity (Wildman–Crippen MR) is 82.8 cm³/mol. The number of anilines is 2. The fourth-order valence-electron chi connectivity index (χ4n) is 1.47. The van der Waals surface area contributed by atoms with Gasteiger partial charge >= 0.3 is 0 Å². The lowest BCUT2D eigenvalue weighted by Gasteiger charge is -2.06. The van der Waals surface area contributed by atoms with Crippen LogP contribution in [0.5, 0.6) is 0 Å². The van der Waals surface area contributed by atoms with Gasteiger partial charge in [-0.25, -0.2) is 0 Å². The zero-order chi connectivity index (χ0) is 14.4. The first-order valence-corrected chi connectivity index (χ1v) is 6.74. The normalized spacial score (nSPS) is 9.85. The Balaban J connectivity index is 2.06. The molecule has 0 spiro atoms. The monoisotopic (exact) mass is 332 g/mol. The van der Waals surface area contributed by atoms with Crippen molar-refractivity contribution in [1.29, 1.82) is 0 Å². The Morgan fingerprint density at radius 2 is 2.05 bits per heavy atom. The third kappa shape index (κ3) is 3.64. The van der Waals surface area contributed by atoms with E-state index in [4.69, 9.17) is 0 Å². The van der Waals surface area contributed by atoms with Crippen LogP contribution in [0.4, 0.5) is 11.5 Å². The van der Waals surface area contributed by atoms with Crippen LogP contribution < -0.4 is 10.6 Å². The summed E-state index contributed by atoms with van der Waals surface area (Å²) in [6.07, 6.45) is 1.72. The zero-order valence-electron chi connectivity index (χ0n) is 10.6. The van der Waals surface area contributed by atoms with Gasteiger partial charge in [-0.05, 0) is 40.2 Å². The quantitative estimate of drug-likeness (QED) is 0.825. The molecule has 102 valence electrons. The molecule has 2 N–H and O–H groups in total. The molecule has 0 aliphatic rings. The highest BCUT2D eigenvalue weighted by Crippen LogP contribution is 2.21. The third-order valence-electron chi connectivity index (χ3n) is 2.45. The van der Waals surface area contributed by atoms with Crippen molar-refractivity contribution < 1.29 is 4.79 Å². The fourth-order valence-corrected chi connectivity index (χ4v) is 1.86. The molecular weight excluding hydrogens is 320 g/mol. The summed E-state index contributed by atoms with van der Waals surface area (Å²) in [5, 5.41) is 13.6. The van der Waals surface area contributed by atoms with Crippen LogP contribution in [0.2, 0.25) is 0 Å². The number of para-hydroxylation sites is 1. The highest BCUT2D eigenvalue weighted by molar-refractivity contribution is 9.10. The van der Waals surface area contributed by atoms with Gasteiger partial charge in [0, 0.05) is 11.0 Å². The van der Waals surface area contributed by atoms with Crippen LogP contribution in [0.15, 0.2) is 53.5 Å². The number of carbonyl (C=O) groups is 1.